The molecule has 0 aliphatic carbocycles. The average molecular weight is 499 g/mol. The Bertz CT molecular complexity index is 915. The third-order valence-electron chi connectivity index (χ3n) is 7.44. The van der Waals surface area contributed by atoms with Crippen molar-refractivity contribution in [3.63, 3.8) is 0 Å². The third-order valence-corrected chi connectivity index (χ3v) is 7.44. The van der Waals surface area contributed by atoms with E-state index in [0.717, 1.165) is 57.0 Å². The molecule has 0 spiro atoms. The van der Waals surface area contributed by atoms with Crippen molar-refractivity contribution < 1.29 is 4.79 Å². The highest BCUT2D eigenvalue weighted by molar-refractivity contribution is 5.96. The van der Waals surface area contributed by atoms with Crippen molar-refractivity contribution >= 4 is 35.2 Å². The lowest BCUT2D eigenvalue weighted by Crippen LogP contribution is -2.40. The number of hydrogen-bond donors (Lipinski definition) is 3. The van der Waals surface area contributed by atoms with Crippen LogP contribution in [0, 0.1) is 11.8 Å². The molecule has 2 aliphatic heterocycles. The van der Waals surface area contributed by atoms with Crippen LogP contribution < -0.4 is 16.0 Å². The van der Waals surface area contributed by atoms with Crippen molar-refractivity contribution in [2.75, 3.05) is 52.4 Å². The van der Waals surface area contributed by atoms with Crippen molar-refractivity contribution in [1.29, 1.82) is 0 Å². The Morgan fingerprint density at radius 1 is 0.886 bits per heavy atom. The molecule has 192 valence electrons. The minimum absolute atomic E-state index is 0. The Kier molecular flexibility index (Phi) is 12.1. The first-order chi connectivity index (χ1) is 16.8. The first-order valence-electron chi connectivity index (χ1n) is 13.4. The monoisotopic (exact) mass is 498 g/mol. The molecule has 35 heavy (non-hydrogen) atoms. The van der Waals surface area contributed by atoms with Crippen molar-refractivity contribution in [3.05, 3.63) is 54.1 Å². The summed E-state index contributed by atoms with van der Waals surface area (Å²) in [6.07, 6.45) is 11.0. The van der Waals surface area contributed by atoms with Crippen LogP contribution in [0.25, 0.3) is 16.8 Å². The van der Waals surface area contributed by atoms with E-state index in [9.17, 15) is 4.79 Å². The standard InChI is InChI=1S/C29H42N4O.ClH/c34-29(11-10-27-8-5-7-26-6-1-2-9-28(26)27)33-20-14-25(15-21-33)23-32-17-4-3-16-31-22-24-12-18-30-19-13-24;/h1-2,5-11,24-25,30-32H,3-4,12-23H2;1H/b11-10+;. The summed E-state index contributed by atoms with van der Waals surface area (Å²) in [7, 11) is 0. The number of carbonyl (C=O) groups is 1. The van der Waals surface area contributed by atoms with Gasteiger partial charge in [0.1, 0.15) is 0 Å². The fourth-order valence-corrected chi connectivity index (χ4v) is 5.22. The highest BCUT2D eigenvalue weighted by atomic mass is 35.5. The number of fused-ring (bicyclic) bond motifs is 1. The quantitative estimate of drug-likeness (QED) is 0.316. The fraction of sp³-hybridized carbons (Fsp3) is 0.552. The fourth-order valence-electron chi connectivity index (χ4n) is 5.22. The molecule has 1 amide bonds. The molecule has 2 aliphatic rings. The second-order valence-corrected chi connectivity index (χ2v) is 9.98. The van der Waals surface area contributed by atoms with Gasteiger partial charge in [0.05, 0.1) is 0 Å². The maximum absolute atomic E-state index is 12.7. The van der Waals surface area contributed by atoms with Crippen LogP contribution in [0.3, 0.4) is 0 Å². The second kappa shape index (κ2) is 15.2. The minimum atomic E-state index is 0. The Balaban J connectivity index is 0.00000342. The Morgan fingerprint density at radius 3 is 2.23 bits per heavy atom. The summed E-state index contributed by atoms with van der Waals surface area (Å²) in [5.74, 6) is 1.69. The number of carbonyl (C=O) groups excluding carboxylic acids is 1. The highest BCUT2D eigenvalue weighted by Crippen LogP contribution is 2.21. The van der Waals surface area contributed by atoms with E-state index in [2.05, 4.69) is 46.3 Å². The van der Waals surface area contributed by atoms with Gasteiger partial charge in [-0.1, -0.05) is 42.5 Å². The van der Waals surface area contributed by atoms with E-state index in [0.29, 0.717) is 5.92 Å². The summed E-state index contributed by atoms with van der Waals surface area (Å²) < 4.78 is 0. The van der Waals surface area contributed by atoms with Crippen LogP contribution >= 0.6 is 12.4 Å². The largest absolute Gasteiger partial charge is 0.339 e. The number of rotatable bonds is 11. The summed E-state index contributed by atoms with van der Waals surface area (Å²) >= 11 is 0. The molecule has 0 aromatic heterocycles. The van der Waals surface area contributed by atoms with E-state index in [1.165, 1.54) is 56.1 Å². The van der Waals surface area contributed by atoms with Crippen LogP contribution in [0.15, 0.2) is 48.5 Å². The van der Waals surface area contributed by atoms with Gasteiger partial charge in [-0.15, -0.1) is 12.4 Å². The molecule has 2 saturated heterocycles. The average Bonchev–Trinajstić information content (AvgIpc) is 2.89. The number of halogens is 1. The molecular formula is C29H43ClN4O. The summed E-state index contributed by atoms with van der Waals surface area (Å²) in [5.41, 5.74) is 1.10. The lowest BCUT2D eigenvalue weighted by molar-refractivity contribution is -0.127. The summed E-state index contributed by atoms with van der Waals surface area (Å²) in [4.78, 5) is 14.7. The van der Waals surface area contributed by atoms with E-state index in [-0.39, 0.29) is 18.3 Å². The third kappa shape index (κ3) is 8.91. The zero-order chi connectivity index (χ0) is 23.4. The molecule has 2 aromatic rings. The van der Waals surface area contributed by atoms with Gasteiger partial charge >= 0.3 is 0 Å². The minimum Gasteiger partial charge on any atom is -0.339 e. The van der Waals surface area contributed by atoms with E-state index < -0.39 is 0 Å². The van der Waals surface area contributed by atoms with E-state index >= 15 is 0 Å². The Labute approximate surface area is 217 Å². The summed E-state index contributed by atoms with van der Waals surface area (Å²) in [6.45, 7) is 8.61. The van der Waals surface area contributed by atoms with Crippen LogP contribution in [0.1, 0.15) is 44.1 Å². The first kappa shape index (κ1) is 27.7. The van der Waals surface area contributed by atoms with Crippen LogP contribution in [-0.2, 0) is 4.79 Å². The topological polar surface area (TPSA) is 56.4 Å². The molecule has 0 radical (unpaired) electrons. The lowest BCUT2D eigenvalue weighted by Gasteiger charge is -2.31. The lowest BCUT2D eigenvalue weighted by atomic mass is 9.96. The number of amides is 1. The molecule has 0 bridgehead atoms. The number of unbranched alkanes of at least 4 members (excludes halogenated alkanes) is 1. The van der Waals surface area contributed by atoms with Crippen molar-refractivity contribution in [1.82, 2.24) is 20.9 Å². The number of benzene rings is 2. The zero-order valence-electron chi connectivity index (χ0n) is 21.0. The SMILES string of the molecule is Cl.O=C(/C=C/c1cccc2ccccc12)N1CCC(CNCCCCNCC2CCNCC2)CC1. The van der Waals surface area contributed by atoms with Crippen molar-refractivity contribution in [2.24, 2.45) is 11.8 Å². The van der Waals surface area contributed by atoms with Gasteiger partial charge in [-0.05, 0) is 112 Å². The molecule has 6 heteroatoms. The van der Waals surface area contributed by atoms with Gasteiger partial charge in [-0.2, -0.15) is 0 Å². The maximum atomic E-state index is 12.7. The normalized spacial score (nSPS) is 17.7. The van der Waals surface area contributed by atoms with Crippen LogP contribution in [0.5, 0.6) is 0 Å². The van der Waals surface area contributed by atoms with Crippen LogP contribution in [0.4, 0.5) is 0 Å². The number of nitrogens with one attached hydrogen (secondary N) is 3. The molecular weight excluding hydrogens is 456 g/mol. The van der Waals surface area contributed by atoms with Gasteiger partial charge in [0.2, 0.25) is 5.91 Å². The number of nitrogens with zero attached hydrogens (tertiary/aromatic N) is 1. The molecule has 4 rings (SSSR count). The molecule has 0 unspecified atom stereocenters. The van der Waals surface area contributed by atoms with Gasteiger partial charge in [-0.25, -0.2) is 0 Å². The zero-order valence-corrected chi connectivity index (χ0v) is 21.8. The molecule has 3 N–H and O–H groups in total. The predicted octanol–water partition coefficient (Wildman–Crippen LogP) is 4.47. The van der Waals surface area contributed by atoms with Gasteiger partial charge in [0, 0.05) is 19.2 Å². The predicted molar refractivity (Wildman–Crippen MR) is 150 cm³/mol. The number of likely N-dealkylation sites (tertiary alicyclic amines) is 1. The molecule has 2 aromatic carbocycles. The van der Waals surface area contributed by atoms with Crippen molar-refractivity contribution in [2.45, 2.75) is 38.5 Å². The van der Waals surface area contributed by atoms with E-state index in [4.69, 9.17) is 0 Å². The van der Waals surface area contributed by atoms with Gasteiger partial charge in [0.25, 0.3) is 0 Å². The summed E-state index contributed by atoms with van der Waals surface area (Å²) in [6, 6.07) is 14.6. The van der Waals surface area contributed by atoms with Gasteiger partial charge < -0.3 is 20.9 Å². The number of piperidine rings is 2. The molecule has 0 saturated carbocycles. The van der Waals surface area contributed by atoms with Crippen molar-refractivity contribution in [3.8, 4) is 0 Å². The Morgan fingerprint density at radius 2 is 1.51 bits per heavy atom. The van der Waals surface area contributed by atoms with E-state index in [1.54, 1.807) is 6.08 Å². The number of hydrogen-bond acceptors (Lipinski definition) is 4. The molecule has 2 heterocycles. The molecule has 0 atom stereocenters. The molecule has 2 fully saturated rings. The molecule has 5 nitrogen and oxygen atoms in total. The smallest absolute Gasteiger partial charge is 0.246 e. The highest BCUT2D eigenvalue weighted by Gasteiger charge is 2.21. The second-order valence-electron chi connectivity index (χ2n) is 9.98. The summed E-state index contributed by atoms with van der Waals surface area (Å²) in [5, 5.41) is 13.1. The first-order valence-corrected chi connectivity index (χ1v) is 13.4. The van der Waals surface area contributed by atoms with Gasteiger partial charge in [-0.3, -0.25) is 4.79 Å². The maximum Gasteiger partial charge on any atom is 0.246 e. The van der Waals surface area contributed by atoms with Gasteiger partial charge in [0.15, 0.2) is 0 Å². The van der Waals surface area contributed by atoms with Crippen LogP contribution in [0.2, 0.25) is 0 Å². The van der Waals surface area contributed by atoms with E-state index in [1.807, 2.05) is 23.1 Å². The van der Waals surface area contributed by atoms with Crippen LogP contribution in [-0.4, -0.2) is 63.2 Å². The Hall–Kier alpha value is -1.92.